The molecule has 1 saturated heterocycles. The number of nitrogens with two attached hydrogens (primary N) is 1. The molecule has 0 spiro atoms. The lowest BCUT2D eigenvalue weighted by Gasteiger charge is -2.37. The Kier molecular flexibility index (Phi) is 3.57. The molecule has 0 unspecified atom stereocenters. The van der Waals surface area contributed by atoms with E-state index in [1.807, 2.05) is 12.1 Å². The molecule has 0 radical (unpaired) electrons. The third-order valence-electron chi connectivity index (χ3n) is 3.19. The molecule has 2 atom stereocenters. The zero-order valence-electron chi connectivity index (χ0n) is 11.1. The lowest BCUT2D eigenvalue weighted by molar-refractivity contribution is -0.00517. The van der Waals surface area contributed by atoms with Crippen molar-refractivity contribution in [3.05, 3.63) is 23.8 Å². The fraction of sp³-hybridized carbons (Fsp3) is 0.500. The van der Waals surface area contributed by atoms with Crippen molar-refractivity contribution in [2.75, 3.05) is 23.7 Å². The number of carbonyl (C=O) groups excluding carboxylic acids is 1. The van der Waals surface area contributed by atoms with E-state index in [9.17, 15) is 4.79 Å². The van der Waals surface area contributed by atoms with Gasteiger partial charge in [-0.25, -0.2) is 0 Å². The van der Waals surface area contributed by atoms with Gasteiger partial charge >= 0.3 is 0 Å². The van der Waals surface area contributed by atoms with Gasteiger partial charge in [-0.3, -0.25) is 4.79 Å². The molecule has 1 aromatic rings. The van der Waals surface area contributed by atoms with Gasteiger partial charge in [0.15, 0.2) is 5.78 Å². The van der Waals surface area contributed by atoms with Crippen molar-refractivity contribution < 1.29 is 9.53 Å². The van der Waals surface area contributed by atoms with Gasteiger partial charge in [-0.1, -0.05) is 0 Å². The van der Waals surface area contributed by atoms with Gasteiger partial charge in [0.25, 0.3) is 0 Å². The highest BCUT2D eigenvalue weighted by Crippen LogP contribution is 2.27. The minimum atomic E-state index is 0.0389. The van der Waals surface area contributed by atoms with Crippen LogP contribution >= 0.6 is 0 Å². The van der Waals surface area contributed by atoms with E-state index in [1.165, 1.54) is 0 Å². The quantitative estimate of drug-likeness (QED) is 0.643. The third-order valence-corrected chi connectivity index (χ3v) is 3.19. The van der Waals surface area contributed by atoms with E-state index in [-0.39, 0.29) is 18.0 Å². The van der Waals surface area contributed by atoms with E-state index in [1.54, 1.807) is 13.0 Å². The second-order valence-corrected chi connectivity index (χ2v) is 4.99. The van der Waals surface area contributed by atoms with Gasteiger partial charge in [0.05, 0.1) is 23.6 Å². The number of nitrogens with zero attached hydrogens (tertiary/aromatic N) is 1. The number of morpholine rings is 1. The van der Waals surface area contributed by atoms with Crippen LogP contribution in [0, 0.1) is 0 Å². The molecule has 1 aromatic carbocycles. The van der Waals surface area contributed by atoms with Crippen LogP contribution in [-0.2, 0) is 4.74 Å². The van der Waals surface area contributed by atoms with Gasteiger partial charge in [-0.05, 0) is 39.0 Å². The highest BCUT2D eigenvalue weighted by molar-refractivity contribution is 5.96. The van der Waals surface area contributed by atoms with Crippen LogP contribution in [0.3, 0.4) is 0 Å². The van der Waals surface area contributed by atoms with Crippen molar-refractivity contribution in [2.45, 2.75) is 33.0 Å². The number of ether oxygens (including phenoxy) is 1. The van der Waals surface area contributed by atoms with E-state index >= 15 is 0 Å². The van der Waals surface area contributed by atoms with Crippen molar-refractivity contribution >= 4 is 17.2 Å². The minimum Gasteiger partial charge on any atom is -0.397 e. The van der Waals surface area contributed by atoms with Crippen LogP contribution in [0.25, 0.3) is 0 Å². The number of anilines is 2. The zero-order chi connectivity index (χ0) is 13.3. The van der Waals surface area contributed by atoms with E-state index in [2.05, 4.69) is 18.7 Å². The number of rotatable bonds is 2. The Morgan fingerprint density at radius 2 is 1.94 bits per heavy atom. The molecule has 98 valence electrons. The van der Waals surface area contributed by atoms with E-state index in [0.717, 1.165) is 18.8 Å². The molecule has 0 aliphatic carbocycles. The van der Waals surface area contributed by atoms with Crippen LogP contribution in [-0.4, -0.2) is 31.1 Å². The van der Waals surface area contributed by atoms with E-state index in [4.69, 9.17) is 10.5 Å². The van der Waals surface area contributed by atoms with Crippen LogP contribution in [0.15, 0.2) is 18.2 Å². The van der Waals surface area contributed by atoms with Crippen molar-refractivity contribution in [1.29, 1.82) is 0 Å². The van der Waals surface area contributed by atoms with Crippen molar-refractivity contribution in [3.63, 3.8) is 0 Å². The maximum Gasteiger partial charge on any atom is 0.159 e. The number of hydrogen-bond acceptors (Lipinski definition) is 4. The molecule has 0 aromatic heterocycles. The predicted molar refractivity (Wildman–Crippen MR) is 73.1 cm³/mol. The normalized spacial score (nSPS) is 24.1. The minimum absolute atomic E-state index is 0.0389. The van der Waals surface area contributed by atoms with Crippen LogP contribution in [0.4, 0.5) is 11.4 Å². The van der Waals surface area contributed by atoms with Gasteiger partial charge in [0.2, 0.25) is 0 Å². The van der Waals surface area contributed by atoms with Crippen LogP contribution in [0.1, 0.15) is 31.1 Å². The summed E-state index contributed by atoms with van der Waals surface area (Å²) in [4.78, 5) is 13.5. The van der Waals surface area contributed by atoms with Gasteiger partial charge in [0, 0.05) is 18.7 Å². The lowest BCUT2D eigenvalue weighted by Crippen LogP contribution is -2.45. The average Bonchev–Trinajstić information content (AvgIpc) is 2.27. The smallest absolute Gasteiger partial charge is 0.159 e. The molecular formula is C14H20N2O2. The summed E-state index contributed by atoms with van der Waals surface area (Å²) in [6.07, 6.45) is 0.390. The molecule has 1 heterocycles. The molecule has 4 heteroatoms. The molecule has 1 aliphatic rings. The van der Waals surface area contributed by atoms with Crippen LogP contribution in [0.5, 0.6) is 0 Å². The topological polar surface area (TPSA) is 55.6 Å². The first-order chi connectivity index (χ1) is 8.47. The largest absolute Gasteiger partial charge is 0.397 e. The predicted octanol–water partition coefficient (Wildman–Crippen LogP) is 2.08. The Labute approximate surface area is 108 Å². The molecule has 0 saturated carbocycles. The Morgan fingerprint density at radius 1 is 1.33 bits per heavy atom. The number of hydrogen-bond donors (Lipinski definition) is 1. The number of nitrogen functional groups attached to an aromatic ring is 1. The fourth-order valence-corrected chi connectivity index (χ4v) is 2.44. The number of benzene rings is 1. The first-order valence-electron chi connectivity index (χ1n) is 6.28. The monoisotopic (exact) mass is 248 g/mol. The van der Waals surface area contributed by atoms with E-state index < -0.39 is 0 Å². The Bertz CT molecular complexity index is 449. The lowest BCUT2D eigenvalue weighted by atomic mass is 10.1. The molecule has 0 bridgehead atoms. The SMILES string of the molecule is CC(=O)c1ccc(N2C[C@@H](C)O[C@H](C)C2)c(N)c1. The molecule has 2 rings (SSSR count). The summed E-state index contributed by atoms with van der Waals surface area (Å²) in [6, 6.07) is 5.51. The first-order valence-corrected chi connectivity index (χ1v) is 6.28. The summed E-state index contributed by atoms with van der Waals surface area (Å²) in [5.74, 6) is 0.0389. The molecule has 2 N–H and O–H groups in total. The van der Waals surface area contributed by atoms with Gasteiger partial charge < -0.3 is 15.4 Å². The first kappa shape index (κ1) is 12.9. The highest BCUT2D eigenvalue weighted by Gasteiger charge is 2.23. The van der Waals surface area contributed by atoms with Crippen molar-refractivity contribution in [1.82, 2.24) is 0 Å². The summed E-state index contributed by atoms with van der Waals surface area (Å²) in [6.45, 7) is 7.32. The second-order valence-electron chi connectivity index (χ2n) is 4.99. The number of ketones is 1. The summed E-state index contributed by atoms with van der Waals surface area (Å²) in [5.41, 5.74) is 8.35. The standard InChI is InChI=1S/C14H20N2O2/c1-9-7-16(8-10(2)18-9)14-5-4-12(11(3)17)6-13(14)15/h4-6,9-10H,7-8,15H2,1-3H3/t9-,10-/m1/s1. The summed E-state index contributed by atoms with van der Waals surface area (Å²) >= 11 is 0. The van der Waals surface area contributed by atoms with Crippen LogP contribution < -0.4 is 10.6 Å². The summed E-state index contributed by atoms with van der Waals surface area (Å²) in [5, 5.41) is 0. The maximum atomic E-state index is 11.3. The Hall–Kier alpha value is -1.55. The van der Waals surface area contributed by atoms with Gasteiger partial charge in [0.1, 0.15) is 0 Å². The molecule has 1 aliphatic heterocycles. The number of Topliss-reactive ketones (excluding diaryl/α,β-unsaturated/α-hetero) is 1. The summed E-state index contributed by atoms with van der Waals surface area (Å²) < 4.78 is 5.70. The Morgan fingerprint density at radius 3 is 2.44 bits per heavy atom. The average molecular weight is 248 g/mol. The number of carbonyl (C=O) groups is 1. The zero-order valence-corrected chi connectivity index (χ0v) is 11.1. The summed E-state index contributed by atoms with van der Waals surface area (Å²) in [7, 11) is 0. The Balaban J connectivity index is 2.25. The maximum absolute atomic E-state index is 11.3. The highest BCUT2D eigenvalue weighted by atomic mass is 16.5. The van der Waals surface area contributed by atoms with Gasteiger partial charge in [-0.2, -0.15) is 0 Å². The van der Waals surface area contributed by atoms with Crippen LogP contribution in [0.2, 0.25) is 0 Å². The molecule has 1 fully saturated rings. The second kappa shape index (κ2) is 4.98. The van der Waals surface area contributed by atoms with Crippen molar-refractivity contribution in [2.24, 2.45) is 0 Å². The third kappa shape index (κ3) is 2.64. The molecular weight excluding hydrogens is 228 g/mol. The molecule has 4 nitrogen and oxygen atoms in total. The van der Waals surface area contributed by atoms with E-state index in [0.29, 0.717) is 11.3 Å². The van der Waals surface area contributed by atoms with Crippen molar-refractivity contribution in [3.8, 4) is 0 Å². The fourth-order valence-electron chi connectivity index (χ4n) is 2.44. The molecule has 0 amide bonds. The molecule has 18 heavy (non-hydrogen) atoms. The van der Waals surface area contributed by atoms with Gasteiger partial charge in [-0.15, -0.1) is 0 Å².